The average Bonchev–Trinajstić information content (AvgIpc) is 3.16. The van der Waals surface area contributed by atoms with Gasteiger partial charge in [-0.15, -0.1) is 0 Å². The normalized spacial score (nSPS) is 20.5. The minimum Gasteiger partial charge on any atom is -0.444 e. The molecule has 2 atom stereocenters. The number of likely N-dealkylation sites (tertiary alicyclic amines) is 1. The van der Waals surface area contributed by atoms with Crippen molar-refractivity contribution in [2.75, 3.05) is 44.9 Å². The van der Waals surface area contributed by atoms with Gasteiger partial charge in [-0.25, -0.2) is 14.8 Å². The molecule has 0 saturated carbocycles. The molecule has 2 aliphatic heterocycles. The number of methoxy groups -OCH3 is 1. The molecule has 2 amide bonds. The Morgan fingerprint density at radius 3 is 2.31 bits per heavy atom. The van der Waals surface area contributed by atoms with E-state index in [0.29, 0.717) is 38.9 Å². The predicted octanol–water partition coefficient (Wildman–Crippen LogP) is 2.62. The highest BCUT2D eigenvalue weighted by molar-refractivity contribution is 5.83. The van der Waals surface area contributed by atoms with E-state index in [1.54, 1.807) is 20.8 Å². The summed E-state index contributed by atoms with van der Waals surface area (Å²) in [7, 11) is 1.51. The maximum atomic E-state index is 13.0. The third-order valence-electron chi connectivity index (χ3n) is 5.93. The monoisotopic (exact) mass is 517 g/mol. The van der Waals surface area contributed by atoms with Gasteiger partial charge in [-0.05, 0) is 33.6 Å². The first kappa shape index (κ1) is 27.9. The van der Waals surface area contributed by atoms with E-state index in [4.69, 9.17) is 14.2 Å². The fraction of sp³-hybridized carbons (Fsp3) is 0.739. The number of ether oxygens (including phenoxy) is 3. The number of rotatable bonds is 8. The molecule has 0 aliphatic carbocycles. The van der Waals surface area contributed by atoms with Crippen LogP contribution in [0.25, 0.3) is 0 Å². The predicted molar refractivity (Wildman–Crippen MR) is 123 cm³/mol. The van der Waals surface area contributed by atoms with E-state index < -0.39 is 35.6 Å². The van der Waals surface area contributed by atoms with Crippen LogP contribution in [0.3, 0.4) is 0 Å². The van der Waals surface area contributed by atoms with Gasteiger partial charge in [-0.3, -0.25) is 4.79 Å². The van der Waals surface area contributed by atoms with Crippen molar-refractivity contribution in [1.82, 2.24) is 20.2 Å². The van der Waals surface area contributed by atoms with Crippen LogP contribution >= 0.6 is 0 Å². The Kier molecular flexibility index (Phi) is 8.98. The molecule has 1 aromatic heterocycles. The van der Waals surface area contributed by atoms with Gasteiger partial charge in [0.25, 0.3) is 5.91 Å². The largest absolute Gasteiger partial charge is 0.444 e. The Hall–Kier alpha value is -2.67. The highest BCUT2D eigenvalue weighted by atomic mass is 19.4. The zero-order valence-electron chi connectivity index (χ0n) is 21.0. The molecule has 2 unspecified atom stereocenters. The highest BCUT2D eigenvalue weighted by Gasteiger charge is 2.38. The van der Waals surface area contributed by atoms with Crippen LogP contribution in [0.4, 0.5) is 23.9 Å². The van der Waals surface area contributed by atoms with Crippen LogP contribution in [-0.4, -0.2) is 90.6 Å². The average molecular weight is 518 g/mol. The standard InChI is InChI=1S/C23H34F3N5O5/c1-22(2,3)36-21(33)29-16(13-34-4)14-35-18-7-10-31(19(18)32)17-5-8-30(9-6-17)20-27-11-15(12-28-20)23(24,25)26/h11-12,16-18H,5-10,13-14H2,1-4H3,(H,29,33). The Balaban J connectivity index is 1.47. The highest BCUT2D eigenvalue weighted by Crippen LogP contribution is 2.29. The molecular weight excluding hydrogens is 483 g/mol. The van der Waals surface area contributed by atoms with Crippen LogP contribution < -0.4 is 10.2 Å². The molecule has 0 spiro atoms. The zero-order valence-corrected chi connectivity index (χ0v) is 21.0. The summed E-state index contributed by atoms with van der Waals surface area (Å²) >= 11 is 0. The number of nitrogens with one attached hydrogen (secondary N) is 1. The molecule has 10 nitrogen and oxygen atoms in total. The van der Waals surface area contributed by atoms with Crippen molar-refractivity contribution in [3.8, 4) is 0 Å². The lowest BCUT2D eigenvalue weighted by Crippen LogP contribution is -2.48. The van der Waals surface area contributed by atoms with Crippen molar-refractivity contribution in [3.05, 3.63) is 18.0 Å². The first-order valence-corrected chi connectivity index (χ1v) is 11.9. The molecule has 2 saturated heterocycles. The third kappa shape index (κ3) is 7.66. The number of alkyl halides is 3. The van der Waals surface area contributed by atoms with E-state index in [1.165, 1.54) is 7.11 Å². The van der Waals surface area contributed by atoms with Crippen molar-refractivity contribution >= 4 is 17.9 Å². The van der Waals surface area contributed by atoms with E-state index >= 15 is 0 Å². The number of piperidine rings is 1. The second-order valence-corrected chi connectivity index (χ2v) is 9.93. The van der Waals surface area contributed by atoms with Crippen LogP contribution in [0.2, 0.25) is 0 Å². The molecule has 0 aromatic carbocycles. The Bertz CT molecular complexity index is 886. The molecule has 3 heterocycles. The number of halogens is 3. The zero-order chi connectivity index (χ0) is 26.5. The summed E-state index contributed by atoms with van der Waals surface area (Å²) in [6.07, 6.45) is -2.27. The molecule has 3 rings (SSSR count). The summed E-state index contributed by atoms with van der Waals surface area (Å²) in [6, 6.07) is -0.467. The van der Waals surface area contributed by atoms with E-state index in [-0.39, 0.29) is 31.1 Å². The summed E-state index contributed by atoms with van der Waals surface area (Å²) < 4.78 is 54.5. The Morgan fingerprint density at radius 2 is 1.75 bits per heavy atom. The van der Waals surface area contributed by atoms with Crippen molar-refractivity contribution in [3.63, 3.8) is 0 Å². The molecule has 2 fully saturated rings. The summed E-state index contributed by atoms with van der Waals surface area (Å²) in [5, 5.41) is 2.70. The van der Waals surface area contributed by atoms with Crippen molar-refractivity contribution < 1.29 is 37.0 Å². The number of carbonyl (C=O) groups excluding carboxylic acids is 2. The smallest absolute Gasteiger partial charge is 0.419 e. The number of anilines is 1. The van der Waals surface area contributed by atoms with E-state index in [0.717, 1.165) is 12.4 Å². The number of nitrogens with zero attached hydrogens (tertiary/aromatic N) is 4. The lowest BCUT2D eigenvalue weighted by Gasteiger charge is -2.36. The van der Waals surface area contributed by atoms with Crippen LogP contribution in [0.15, 0.2) is 12.4 Å². The molecule has 0 bridgehead atoms. The number of alkyl carbamates (subject to hydrolysis) is 1. The van der Waals surface area contributed by atoms with Gasteiger partial charge in [0, 0.05) is 51.6 Å². The first-order chi connectivity index (χ1) is 16.9. The van der Waals surface area contributed by atoms with Gasteiger partial charge >= 0.3 is 12.3 Å². The minimum atomic E-state index is -4.48. The number of amides is 2. The Morgan fingerprint density at radius 1 is 1.11 bits per heavy atom. The van der Waals surface area contributed by atoms with Gasteiger partial charge in [0.2, 0.25) is 5.95 Å². The van der Waals surface area contributed by atoms with E-state index in [9.17, 15) is 22.8 Å². The summed E-state index contributed by atoms with van der Waals surface area (Å²) in [4.78, 5) is 36.4. The molecular formula is C23H34F3N5O5. The topological polar surface area (TPSA) is 106 Å². The summed E-state index contributed by atoms with van der Waals surface area (Å²) in [6.45, 7) is 7.21. The maximum absolute atomic E-state index is 13.0. The first-order valence-electron chi connectivity index (χ1n) is 11.9. The van der Waals surface area contributed by atoms with E-state index in [1.807, 2.05) is 9.80 Å². The number of aromatic nitrogens is 2. The minimum absolute atomic E-state index is 0.00598. The number of hydrogen-bond donors (Lipinski definition) is 1. The summed E-state index contributed by atoms with van der Waals surface area (Å²) in [5.74, 6) is 0.143. The van der Waals surface area contributed by atoms with Crippen LogP contribution in [0.1, 0.15) is 45.6 Å². The van der Waals surface area contributed by atoms with Crippen molar-refractivity contribution in [1.29, 1.82) is 0 Å². The van der Waals surface area contributed by atoms with Gasteiger partial charge in [0.05, 0.1) is 24.8 Å². The molecule has 2 aliphatic rings. The molecule has 1 aromatic rings. The molecule has 1 N–H and O–H groups in total. The fourth-order valence-corrected chi connectivity index (χ4v) is 4.24. The van der Waals surface area contributed by atoms with Crippen molar-refractivity contribution in [2.45, 2.75) is 70.0 Å². The molecule has 0 radical (unpaired) electrons. The van der Waals surface area contributed by atoms with Gasteiger partial charge in [-0.2, -0.15) is 13.2 Å². The van der Waals surface area contributed by atoms with Crippen LogP contribution in [0.5, 0.6) is 0 Å². The SMILES string of the molecule is COCC(COC1CCN(C2CCN(c3ncc(C(F)(F)F)cn3)CC2)C1=O)NC(=O)OC(C)(C)C. The second kappa shape index (κ2) is 11.6. The van der Waals surface area contributed by atoms with Gasteiger partial charge in [0.15, 0.2) is 0 Å². The third-order valence-corrected chi connectivity index (χ3v) is 5.93. The van der Waals surface area contributed by atoms with Crippen LogP contribution in [-0.2, 0) is 25.2 Å². The lowest BCUT2D eigenvalue weighted by atomic mass is 10.0. The second-order valence-electron chi connectivity index (χ2n) is 9.93. The van der Waals surface area contributed by atoms with E-state index in [2.05, 4.69) is 15.3 Å². The maximum Gasteiger partial charge on any atom is 0.419 e. The van der Waals surface area contributed by atoms with Crippen LogP contribution in [0, 0.1) is 0 Å². The van der Waals surface area contributed by atoms with Crippen molar-refractivity contribution in [2.24, 2.45) is 0 Å². The van der Waals surface area contributed by atoms with Gasteiger partial charge < -0.3 is 29.3 Å². The number of hydrogen-bond acceptors (Lipinski definition) is 8. The summed E-state index contributed by atoms with van der Waals surface area (Å²) in [5.41, 5.74) is -1.53. The van der Waals surface area contributed by atoms with Gasteiger partial charge in [-0.1, -0.05) is 0 Å². The Labute approximate surface area is 208 Å². The lowest BCUT2D eigenvalue weighted by molar-refractivity contribution is -0.140. The molecule has 13 heteroatoms. The molecule has 36 heavy (non-hydrogen) atoms. The fourth-order valence-electron chi connectivity index (χ4n) is 4.24. The van der Waals surface area contributed by atoms with Gasteiger partial charge in [0.1, 0.15) is 11.7 Å². The molecule has 202 valence electrons. The quantitative estimate of drug-likeness (QED) is 0.561. The number of carbonyl (C=O) groups is 2.